The Labute approximate surface area is 177 Å². The Morgan fingerprint density at radius 1 is 0.867 bits per heavy atom. The van der Waals surface area contributed by atoms with E-state index in [1.54, 1.807) is 0 Å². The van der Waals surface area contributed by atoms with E-state index >= 15 is 0 Å². The van der Waals surface area contributed by atoms with Crippen LogP contribution in [0.25, 0.3) is 0 Å². The number of nitrogens with zero attached hydrogens (tertiary/aromatic N) is 2. The molecule has 7 heteroatoms. The number of carboxylic acids is 2. The van der Waals surface area contributed by atoms with Crippen molar-refractivity contribution in [3.05, 3.63) is 65.7 Å². The van der Waals surface area contributed by atoms with Gasteiger partial charge in [0.1, 0.15) is 12.4 Å². The molecule has 0 atom stereocenters. The van der Waals surface area contributed by atoms with Crippen LogP contribution in [0.3, 0.4) is 0 Å². The smallest absolute Gasteiger partial charge is 0.414 e. The van der Waals surface area contributed by atoms with Crippen LogP contribution in [0.5, 0.6) is 5.75 Å². The van der Waals surface area contributed by atoms with Gasteiger partial charge in [-0.2, -0.15) is 0 Å². The lowest BCUT2D eigenvalue weighted by Gasteiger charge is -2.33. The molecule has 30 heavy (non-hydrogen) atoms. The molecule has 162 valence electrons. The summed E-state index contributed by atoms with van der Waals surface area (Å²) in [6.45, 7) is 9.85. The first-order chi connectivity index (χ1) is 14.5. The molecule has 0 aliphatic carbocycles. The summed E-state index contributed by atoms with van der Waals surface area (Å²) in [5.41, 5.74) is 2.59. The lowest BCUT2D eigenvalue weighted by molar-refractivity contribution is -0.159. The minimum absolute atomic E-state index is 0.762. The van der Waals surface area contributed by atoms with Gasteiger partial charge >= 0.3 is 11.9 Å². The lowest BCUT2D eigenvalue weighted by Crippen LogP contribution is -2.47. The number of hydrogen-bond acceptors (Lipinski definition) is 5. The molecule has 0 radical (unpaired) electrons. The number of aliphatic carboxylic acids is 2. The molecule has 1 fully saturated rings. The quantitative estimate of drug-likeness (QED) is 0.673. The highest BCUT2D eigenvalue weighted by atomic mass is 16.5. The predicted octanol–water partition coefficient (Wildman–Crippen LogP) is 2.45. The van der Waals surface area contributed by atoms with Crippen LogP contribution >= 0.6 is 0 Å². The summed E-state index contributed by atoms with van der Waals surface area (Å²) >= 11 is 0. The third-order valence-corrected chi connectivity index (χ3v) is 4.97. The van der Waals surface area contributed by atoms with Gasteiger partial charge in [-0.1, -0.05) is 55.5 Å². The second kappa shape index (κ2) is 12.6. The van der Waals surface area contributed by atoms with Crippen molar-refractivity contribution in [2.24, 2.45) is 0 Å². The Bertz CT molecular complexity index is 777. The molecule has 1 saturated heterocycles. The van der Waals surface area contributed by atoms with Crippen LogP contribution in [-0.4, -0.2) is 77.8 Å². The van der Waals surface area contributed by atoms with Crippen LogP contribution in [0.15, 0.2) is 54.6 Å². The largest absolute Gasteiger partial charge is 0.492 e. The number of likely N-dealkylation sites (N-methyl/N-ethyl adjacent to an activating group) is 1. The first kappa shape index (κ1) is 23.4. The topological polar surface area (TPSA) is 90.3 Å². The van der Waals surface area contributed by atoms with Gasteiger partial charge in [-0.05, 0) is 23.7 Å². The highest BCUT2D eigenvalue weighted by molar-refractivity contribution is 6.27. The predicted molar refractivity (Wildman–Crippen MR) is 115 cm³/mol. The van der Waals surface area contributed by atoms with Crippen molar-refractivity contribution < 1.29 is 24.5 Å². The van der Waals surface area contributed by atoms with Crippen molar-refractivity contribution in [2.45, 2.75) is 13.3 Å². The molecule has 0 saturated carbocycles. The highest BCUT2D eigenvalue weighted by Gasteiger charge is 2.15. The van der Waals surface area contributed by atoms with Gasteiger partial charge < -0.3 is 19.8 Å². The van der Waals surface area contributed by atoms with E-state index in [1.165, 1.54) is 24.2 Å². The fourth-order valence-electron chi connectivity index (χ4n) is 3.22. The van der Waals surface area contributed by atoms with Crippen molar-refractivity contribution in [1.29, 1.82) is 0 Å². The highest BCUT2D eigenvalue weighted by Crippen LogP contribution is 2.21. The SMILES string of the molecule is CCN1CCN(CCOc2ccccc2Cc2ccccc2)CC1.O=C(O)C(=O)O. The normalized spacial score (nSPS) is 14.4. The summed E-state index contributed by atoms with van der Waals surface area (Å²) in [6.07, 6.45) is 0.923. The average Bonchev–Trinajstić information content (AvgIpc) is 2.76. The molecule has 2 aromatic rings. The molecule has 0 aromatic heterocycles. The number of carbonyl (C=O) groups is 2. The average molecular weight is 415 g/mol. The monoisotopic (exact) mass is 414 g/mol. The number of piperazine rings is 1. The molecule has 0 amide bonds. The van der Waals surface area contributed by atoms with E-state index in [4.69, 9.17) is 24.5 Å². The fourth-order valence-corrected chi connectivity index (χ4v) is 3.22. The summed E-state index contributed by atoms with van der Waals surface area (Å²) in [7, 11) is 0. The Kier molecular flexibility index (Phi) is 9.83. The summed E-state index contributed by atoms with van der Waals surface area (Å²) < 4.78 is 6.11. The fraction of sp³-hybridized carbons (Fsp3) is 0.391. The van der Waals surface area contributed by atoms with Gasteiger partial charge in [0, 0.05) is 39.1 Å². The van der Waals surface area contributed by atoms with Crippen LogP contribution in [-0.2, 0) is 16.0 Å². The van der Waals surface area contributed by atoms with E-state index < -0.39 is 11.9 Å². The van der Waals surface area contributed by atoms with Crippen LogP contribution in [0.4, 0.5) is 0 Å². The number of benzene rings is 2. The molecular weight excluding hydrogens is 384 g/mol. The molecule has 0 unspecified atom stereocenters. The minimum atomic E-state index is -1.82. The molecule has 1 aliphatic rings. The number of para-hydroxylation sites is 1. The molecule has 7 nitrogen and oxygen atoms in total. The van der Waals surface area contributed by atoms with Gasteiger partial charge in [-0.3, -0.25) is 4.90 Å². The van der Waals surface area contributed by atoms with Crippen molar-refractivity contribution in [1.82, 2.24) is 9.80 Å². The van der Waals surface area contributed by atoms with E-state index in [0.29, 0.717) is 0 Å². The van der Waals surface area contributed by atoms with E-state index in [9.17, 15) is 0 Å². The molecule has 3 rings (SSSR count). The molecular formula is C23H30N2O5. The van der Waals surface area contributed by atoms with E-state index in [0.717, 1.165) is 45.0 Å². The number of carboxylic acid groups (broad SMARTS) is 2. The van der Waals surface area contributed by atoms with Crippen molar-refractivity contribution in [3.8, 4) is 5.75 Å². The molecule has 2 aromatic carbocycles. The molecule has 1 heterocycles. The zero-order valence-electron chi connectivity index (χ0n) is 17.4. The molecule has 2 N–H and O–H groups in total. The third kappa shape index (κ3) is 8.23. The standard InChI is InChI=1S/C21H28N2O.C2H2O4/c1-2-22-12-14-23(15-13-22)16-17-24-21-11-7-6-10-20(21)18-19-8-4-3-5-9-19;3-1(4)2(5)6/h3-11H,2,12-18H2,1H3;(H,3,4)(H,5,6). The van der Waals surface area contributed by atoms with E-state index in [-0.39, 0.29) is 0 Å². The summed E-state index contributed by atoms with van der Waals surface area (Å²) in [6, 6.07) is 19.0. The second-order valence-corrected chi connectivity index (χ2v) is 7.00. The van der Waals surface area contributed by atoms with Crippen LogP contribution in [0.1, 0.15) is 18.1 Å². The molecule has 1 aliphatic heterocycles. The zero-order valence-corrected chi connectivity index (χ0v) is 17.4. The maximum absolute atomic E-state index is 9.10. The number of hydrogen-bond donors (Lipinski definition) is 2. The molecule has 0 spiro atoms. The van der Waals surface area contributed by atoms with Crippen LogP contribution in [0.2, 0.25) is 0 Å². The Morgan fingerprint density at radius 2 is 1.43 bits per heavy atom. The van der Waals surface area contributed by atoms with Crippen LogP contribution < -0.4 is 4.74 Å². The summed E-state index contributed by atoms with van der Waals surface area (Å²) in [4.78, 5) is 23.2. The summed E-state index contributed by atoms with van der Waals surface area (Å²) in [5, 5.41) is 14.8. The number of rotatable bonds is 7. The third-order valence-electron chi connectivity index (χ3n) is 4.97. The second-order valence-electron chi connectivity index (χ2n) is 7.00. The maximum atomic E-state index is 9.10. The van der Waals surface area contributed by atoms with Gasteiger partial charge in [0.05, 0.1) is 0 Å². The lowest BCUT2D eigenvalue weighted by atomic mass is 10.0. The molecule has 0 bridgehead atoms. The van der Waals surface area contributed by atoms with Gasteiger partial charge in [-0.15, -0.1) is 0 Å². The Hall–Kier alpha value is -2.90. The Balaban J connectivity index is 0.000000469. The Morgan fingerprint density at radius 3 is 2.03 bits per heavy atom. The van der Waals surface area contributed by atoms with Gasteiger partial charge in [0.15, 0.2) is 0 Å². The van der Waals surface area contributed by atoms with Crippen molar-refractivity contribution >= 4 is 11.9 Å². The van der Waals surface area contributed by atoms with Crippen molar-refractivity contribution in [2.75, 3.05) is 45.9 Å². The minimum Gasteiger partial charge on any atom is -0.492 e. The van der Waals surface area contributed by atoms with Crippen molar-refractivity contribution in [3.63, 3.8) is 0 Å². The summed E-state index contributed by atoms with van der Waals surface area (Å²) in [5.74, 6) is -2.63. The van der Waals surface area contributed by atoms with Gasteiger partial charge in [-0.25, -0.2) is 9.59 Å². The zero-order chi connectivity index (χ0) is 21.8. The van der Waals surface area contributed by atoms with Crippen LogP contribution in [0, 0.1) is 0 Å². The van der Waals surface area contributed by atoms with E-state index in [1.807, 2.05) is 0 Å². The first-order valence-corrected chi connectivity index (χ1v) is 10.1. The van der Waals surface area contributed by atoms with E-state index in [2.05, 4.69) is 71.3 Å². The maximum Gasteiger partial charge on any atom is 0.414 e. The first-order valence-electron chi connectivity index (χ1n) is 10.1. The van der Waals surface area contributed by atoms with Gasteiger partial charge in [0.25, 0.3) is 0 Å². The van der Waals surface area contributed by atoms with Gasteiger partial charge in [0.2, 0.25) is 0 Å². The number of ether oxygens (including phenoxy) is 1.